The van der Waals surface area contributed by atoms with Gasteiger partial charge in [-0.3, -0.25) is 9.78 Å². The Morgan fingerprint density at radius 1 is 1.04 bits per heavy atom. The van der Waals surface area contributed by atoms with Crippen molar-refractivity contribution in [2.45, 2.75) is 38.2 Å². The van der Waals surface area contributed by atoms with Crippen LogP contribution in [0.3, 0.4) is 0 Å². The maximum Gasteiger partial charge on any atom is 0.258 e. The molecule has 2 aromatic heterocycles. The fraction of sp³-hybridized carbons (Fsp3) is 0.476. The first kappa shape index (κ1) is 17.0. The summed E-state index contributed by atoms with van der Waals surface area (Å²) in [5.74, 6) is 3.58. The van der Waals surface area contributed by atoms with Gasteiger partial charge >= 0.3 is 0 Å². The van der Waals surface area contributed by atoms with Crippen LogP contribution in [0, 0.1) is 23.7 Å². The molecule has 0 saturated heterocycles. The molecule has 4 bridgehead atoms. The molecule has 4 fully saturated rings. The molecule has 6 heteroatoms. The summed E-state index contributed by atoms with van der Waals surface area (Å²) in [5, 5.41) is 3.17. The van der Waals surface area contributed by atoms with E-state index in [0.29, 0.717) is 40.1 Å². The van der Waals surface area contributed by atoms with E-state index in [0.717, 1.165) is 11.8 Å². The zero-order chi connectivity index (χ0) is 18.4. The number of carbonyl (C=O) groups excluding carboxylic acids is 1. The van der Waals surface area contributed by atoms with Crippen molar-refractivity contribution >= 4 is 23.2 Å². The van der Waals surface area contributed by atoms with Crippen molar-refractivity contribution in [1.29, 1.82) is 0 Å². The number of carbonyl (C=O) groups is 1. The minimum Gasteiger partial charge on any atom is -0.474 e. The molecule has 2 heterocycles. The van der Waals surface area contributed by atoms with Gasteiger partial charge in [-0.15, -0.1) is 0 Å². The van der Waals surface area contributed by atoms with Crippen molar-refractivity contribution < 1.29 is 9.53 Å². The molecule has 27 heavy (non-hydrogen) atoms. The summed E-state index contributed by atoms with van der Waals surface area (Å²) in [6, 6.07) is 5.25. The molecule has 4 aliphatic carbocycles. The number of ether oxygens (including phenoxy) is 1. The largest absolute Gasteiger partial charge is 0.474 e. The maximum atomic E-state index is 12.3. The Balaban J connectivity index is 1.24. The summed E-state index contributed by atoms with van der Waals surface area (Å²) in [6.07, 6.45) is 11.7. The van der Waals surface area contributed by atoms with Crippen LogP contribution in [-0.4, -0.2) is 22.0 Å². The number of anilines is 1. The summed E-state index contributed by atoms with van der Waals surface area (Å²) in [4.78, 5) is 20.7. The van der Waals surface area contributed by atoms with Crippen molar-refractivity contribution in [3.05, 3.63) is 47.4 Å². The summed E-state index contributed by atoms with van der Waals surface area (Å²) >= 11 is 6.04. The predicted molar refractivity (Wildman–Crippen MR) is 103 cm³/mol. The van der Waals surface area contributed by atoms with Gasteiger partial charge in [0.05, 0.1) is 22.5 Å². The van der Waals surface area contributed by atoms with Gasteiger partial charge in [0.2, 0.25) is 5.88 Å². The van der Waals surface area contributed by atoms with Crippen molar-refractivity contribution in [1.82, 2.24) is 9.97 Å². The zero-order valence-electron chi connectivity index (χ0n) is 15.0. The lowest BCUT2D eigenvalue weighted by molar-refractivity contribution is -0.0805. The van der Waals surface area contributed by atoms with Crippen molar-refractivity contribution in [3.8, 4) is 5.88 Å². The summed E-state index contributed by atoms with van der Waals surface area (Å²) < 4.78 is 6.30. The van der Waals surface area contributed by atoms with Crippen molar-refractivity contribution in [2.24, 2.45) is 23.7 Å². The van der Waals surface area contributed by atoms with Gasteiger partial charge in [-0.05, 0) is 67.9 Å². The highest BCUT2D eigenvalue weighted by Gasteiger charge is 2.49. The number of aromatic nitrogens is 2. The molecule has 5 nitrogen and oxygen atoms in total. The van der Waals surface area contributed by atoms with Crippen molar-refractivity contribution in [3.63, 3.8) is 0 Å². The quantitative estimate of drug-likeness (QED) is 0.838. The first-order valence-electron chi connectivity index (χ1n) is 9.69. The number of hydrogen-bond acceptors (Lipinski definition) is 4. The molecule has 0 spiro atoms. The van der Waals surface area contributed by atoms with Crippen LogP contribution in [0.25, 0.3) is 0 Å². The Labute approximate surface area is 163 Å². The lowest BCUT2D eigenvalue weighted by Crippen LogP contribution is -2.50. The molecule has 6 rings (SSSR count). The summed E-state index contributed by atoms with van der Waals surface area (Å²) in [6.45, 7) is 0. The predicted octanol–water partition coefficient (Wildman–Crippen LogP) is 4.59. The van der Waals surface area contributed by atoms with Crippen LogP contribution in [0.4, 0.5) is 5.69 Å². The Bertz CT molecular complexity index is 827. The van der Waals surface area contributed by atoms with Gasteiger partial charge in [-0.25, -0.2) is 4.98 Å². The molecule has 0 aromatic carbocycles. The maximum absolute atomic E-state index is 12.3. The highest BCUT2D eigenvalue weighted by molar-refractivity contribution is 6.34. The smallest absolute Gasteiger partial charge is 0.258 e. The molecular formula is C21H22ClN3O2. The van der Waals surface area contributed by atoms with Crippen LogP contribution >= 0.6 is 11.6 Å². The fourth-order valence-electron chi connectivity index (χ4n) is 5.47. The number of halogens is 1. The lowest BCUT2D eigenvalue weighted by atomic mass is 9.55. The van der Waals surface area contributed by atoms with Gasteiger partial charge < -0.3 is 10.1 Å². The number of nitrogens with zero attached hydrogens (tertiary/aromatic N) is 2. The molecular weight excluding hydrogens is 362 g/mol. The molecule has 4 saturated carbocycles. The SMILES string of the molecule is O=C(Nc1ccc(OC2C3CC4CC(C3)CC2C4)nc1)c1cnccc1Cl. The highest BCUT2D eigenvalue weighted by Crippen LogP contribution is 2.54. The Hall–Kier alpha value is -2.14. The van der Waals surface area contributed by atoms with Crippen LogP contribution in [0.5, 0.6) is 5.88 Å². The van der Waals surface area contributed by atoms with Gasteiger partial charge in [0.15, 0.2) is 0 Å². The summed E-state index contributed by atoms with van der Waals surface area (Å²) in [5.41, 5.74) is 0.949. The van der Waals surface area contributed by atoms with Crippen LogP contribution in [0.2, 0.25) is 5.02 Å². The zero-order valence-corrected chi connectivity index (χ0v) is 15.7. The van der Waals surface area contributed by atoms with E-state index < -0.39 is 0 Å². The standard InChI is InChI=1S/C21H22ClN3O2/c22-18-3-4-23-11-17(18)21(26)25-16-1-2-19(24-10-16)27-20-14-6-12-5-13(8-14)9-15(20)7-12/h1-4,10-15,20H,5-9H2,(H,25,26). The van der Waals surface area contributed by atoms with Gasteiger partial charge in [0.25, 0.3) is 5.91 Å². The van der Waals surface area contributed by atoms with Gasteiger partial charge in [0.1, 0.15) is 6.10 Å². The Kier molecular flexibility index (Phi) is 4.27. The van der Waals surface area contributed by atoms with Crippen LogP contribution in [0.15, 0.2) is 36.8 Å². The molecule has 1 amide bonds. The monoisotopic (exact) mass is 383 g/mol. The van der Waals surface area contributed by atoms with E-state index in [1.54, 1.807) is 18.5 Å². The third-order valence-corrected chi connectivity index (χ3v) is 6.73. The number of nitrogens with one attached hydrogen (secondary N) is 1. The highest BCUT2D eigenvalue weighted by atomic mass is 35.5. The van der Waals surface area contributed by atoms with Gasteiger partial charge in [-0.1, -0.05) is 11.6 Å². The molecule has 0 aliphatic heterocycles. The number of hydrogen-bond donors (Lipinski definition) is 1. The Morgan fingerprint density at radius 3 is 2.41 bits per heavy atom. The van der Waals surface area contributed by atoms with E-state index in [1.165, 1.54) is 38.3 Å². The molecule has 2 aromatic rings. The molecule has 0 unspecified atom stereocenters. The average molecular weight is 384 g/mol. The molecule has 1 N–H and O–H groups in total. The number of amides is 1. The third kappa shape index (κ3) is 3.29. The van der Waals surface area contributed by atoms with Gasteiger partial charge in [0, 0.05) is 18.5 Å². The first-order chi connectivity index (χ1) is 13.2. The molecule has 4 aliphatic rings. The van der Waals surface area contributed by atoms with Crippen LogP contribution < -0.4 is 10.1 Å². The van der Waals surface area contributed by atoms with E-state index in [9.17, 15) is 4.79 Å². The van der Waals surface area contributed by atoms with E-state index >= 15 is 0 Å². The second-order valence-corrected chi connectivity index (χ2v) is 8.62. The number of rotatable bonds is 4. The molecule has 0 atom stereocenters. The molecule has 140 valence electrons. The fourth-order valence-corrected chi connectivity index (χ4v) is 5.66. The average Bonchev–Trinajstić information content (AvgIpc) is 2.66. The third-order valence-electron chi connectivity index (χ3n) is 6.40. The molecule has 0 radical (unpaired) electrons. The minimum absolute atomic E-state index is 0.301. The summed E-state index contributed by atoms with van der Waals surface area (Å²) in [7, 11) is 0. The normalized spacial score (nSPS) is 30.9. The second-order valence-electron chi connectivity index (χ2n) is 8.21. The van der Waals surface area contributed by atoms with Crippen LogP contribution in [-0.2, 0) is 0 Å². The van der Waals surface area contributed by atoms with Crippen molar-refractivity contribution in [2.75, 3.05) is 5.32 Å². The topological polar surface area (TPSA) is 64.1 Å². The van der Waals surface area contributed by atoms with Crippen LogP contribution in [0.1, 0.15) is 42.5 Å². The lowest BCUT2D eigenvalue weighted by Gasteiger charge is -2.53. The minimum atomic E-state index is -0.301. The van der Waals surface area contributed by atoms with E-state index in [1.807, 2.05) is 12.1 Å². The van der Waals surface area contributed by atoms with Gasteiger partial charge in [-0.2, -0.15) is 0 Å². The van der Waals surface area contributed by atoms with E-state index in [-0.39, 0.29) is 5.91 Å². The van der Waals surface area contributed by atoms with E-state index in [2.05, 4.69) is 15.3 Å². The Morgan fingerprint density at radius 2 is 1.78 bits per heavy atom. The second kappa shape index (κ2) is 6.79. The van der Waals surface area contributed by atoms with E-state index in [4.69, 9.17) is 16.3 Å². The first-order valence-corrected chi connectivity index (χ1v) is 10.1. The number of pyridine rings is 2.